The van der Waals surface area contributed by atoms with Gasteiger partial charge in [-0.05, 0) is 6.07 Å². The summed E-state index contributed by atoms with van der Waals surface area (Å²) in [6.45, 7) is 1.47. The molecule has 2 heterocycles. The molecule has 0 aromatic carbocycles. The molecular formula is C10H11N5O2S. The lowest BCUT2D eigenvalue weighted by atomic mass is 10.4. The SMILES string of the molecule is CC(=O)c1csc(NC(=O)Cn2ccc(N)n2)n1. The maximum Gasteiger partial charge on any atom is 0.247 e. The minimum absolute atomic E-state index is 0.0478. The Balaban J connectivity index is 1.96. The lowest BCUT2D eigenvalue weighted by Gasteiger charge is -2.01. The molecule has 0 spiro atoms. The molecule has 0 radical (unpaired) electrons. The van der Waals surface area contributed by atoms with Gasteiger partial charge in [-0.3, -0.25) is 14.3 Å². The van der Waals surface area contributed by atoms with Crippen LogP contribution in [0, 0.1) is 0 Å². The summed E-state index contributed by atoms with van der Waals surface area (Å²) in [7, 11) is 0. The average Bonchev–Trinajstić information content (AvgIpc) is 2.88. The largest absolute Gasteiger partial charge is 0.382 e. The number of hydrogen-bond donors (Lipinski definition) is 2. The van der Waals surface area contributed by atoms with Crippen molar-refractivity contribution in [1.82, 2.24) is 14.8 Å². The smallest absolute Gasteiger partial charge is 0.247 e. The van der Waals surface area contributed by atoms with Crippen LogP contribution in [0.25, 0.3) is 0 Å². The topological polar surface area (TPSA) is 103 Å². The summed E-state index contributed by atoms with van der Waals surface area (Å²) in [5.41, 5.74) is 5.78. The van der Waals surface area contributed by atoms with Crippen molar-refractivity contribution in [1.29, 1.82) is 0 Å². The van der Waals surface area contributed by atoms with E-state index in [4.69, 9.17) is 5.73 Å². The van der Waals surface area contributed by atoms with Crippen molar-refractivity contribution in [3.8, 4) is 0 Å². The van der Waals surface area contributed by atoms with Gasteiger partial charge in [0.05, 0.1) is 0 Å². The summed E-state index contributed by atoms with van der Waals surface area (Å²) in [5.74, 6) is -0.0509. The fourth-order valence-electron chi connectivity index (χ4n) is 1.26. The van der Waals surface area contributed by atoms with Crippen LogP contribution in [0.15, 0.2) is 17.6 Å². The Labute approximate surface area is 107 Å². The first-order valence-electron chi connectivity index (χ1n) is 5.10. The third kappa shape index (κ3) is 2.92. The van der Waals surface area contributed by atoms with E-state index in [1.807, 2.05) is 0 Å². The Morgan fingerprint density at radius 2 is 2.33 bits per heavy atom. The second kappa shape index (κ2) is 4.96. The first-order valence-corrected chi connectivity index (χ1v) is 5.98. The van der Waals surface area contributed by atoms with Crippen molar-refractivity contribution in [3.63, 3.8) is 0 Å². The molecule has 0 saturated heterocycles. The van der Waals surface area contributed by atoms with Gasteiger partial charge in [-0.1, -0.05) is 0 Å². The number of aromatic nitrogens is 3. The van der Waals surface area contributed by atoms with Gasteiger partial charge in [0.1, 0.15) is 18.1 Å². The number of thiazole rings is 1. The van der Waals surface area contributed by atoms with Gasteiger partial charge < -0.3 is 11.1 Å². The van der Waals surface area contributed by atoms with E-state index >= 15 is 0 Å². The van der Waals surface area contributed by atoms with E-state index in [0.717, 1.165) is 0 Å². The predicted molar refractivity (Wildman–Crippen MR) is 67.4 cm³/mol. The number of anilines is 2. The fraction of sp³-hybridized carbons (Fsp3) is 0.200. The van der Waals surface area contributed by atoms with Crippen molar-refractivity contribution in [3.05, 3.63) is 23.3 Å². The third-order valence-electron chi connectivity index (χ3n) is 2.08. The van der Waals surface area contributed by atoms with Crippen molar-refractivity contribution in [2.24, 2.45) is 0 Å². The Morgan fingerprint density at radius 1 is 1.56 bits per heavy atom. The van der Waals surface area contributed by atoms with Crippen molar-refractivity contribution in [2.45, 2.75) is 13.5 Å². The van der Waals surface area contributed by atoms with E-state index in [-0.39, 0.29) is 18.2 Å². The zero-order valence-corrected chi connectivity index (χ0v) is 10.4. The number of carbonyl (C=O) groups excluding carboxylic acids is 2. The highest BCUT2D eigenvalue weighted by atomic mass is 32.1. The highest BCUT2D eigenvalue weighted by Crippen LogP contribution is 2.15. The van der Waals surface area contributed by atoms with E-state index < -0.39 is 0 Å². The molecular weight excluding hydrogens is 254 g/mol. The number of nitrogens with two attached hydrogens (primary N) is 1. The molecule has 2 aromatic rings. The first kappa shape index (κ1) is 12.2. The molecule has 18 heavy (non-hydrogen) atoms. The first-order chi connectivity index (χ1) is 8.54. The summed E-state index contributed by atoms with van der Waals surface area (Å²) in [4.78, 5) is 26.7. The highest BCUT2D eigenvalue weighted by Gasteiger charge is 2.09. The van der Waals surface area contributed by atoms with E-state index in [2.05, 4.69) is 15.4 Å². The Kier molecular flexibility index (Phi) is 3.38. The Hall–Kier alpha value is -2.22. The standard InChI is InChI=1S/C10H11N5O2S/c1-6(16)7-5-18-10(12-7)13-9(17)4-15-3-2-8(11)14-15/h2-3,5H,4H2,1H3,(H2,11,14)(H,12,13,17). The van der Waals surface area contributed by atoms with Gasteiger partial charge in [0.15, 0.2) is 10.9 Å². The van der Waals surface area contributed by atoms with Gasteiger partial charge >= 0.3 is 0 Å². The van der Waals surface area contributed by atoms with Crippen LogP contribution in [-0.4, -0.2) is 26.5 Å². The van der Waals surface area contributed by atoms with E-state index in [9.17, 15) is 9.59 Å². The molecule has 3 N–H and O–H groups in total. The molecule has 94 valence electrons. The number of Topliss-reactive ketones (excluding diaryl/α,β-unsaturated/α-hetero) is 1. The summed E-state index contributed by atoms with van der Waals surface area (Å²) in [5, 5.41) is 8.47. The van der Waals surface area contributed by atoms with E-state index in [1.54, 1.807) is 17.6 Å². The van der Waals surface area contributed by atoms with Crippen LogP contribution in [0.4, 0.5) is 10.9 Å². The molecule has 2 rings (SSSR count). The Bertz CT molecular complexity index is 589. The fourth-order valence-corrected chi connectivity index (χ4v) is 2.03. The zero-order valence-electron chi connectivity index (χ0n) is 9.58. The van der Waals surface area contributed by atoms with Gasteiger partial charge in [-0.2, -0.15) is 5.10 Å². The molecule has 1 amide bonds. The third-order valence-corrected chi connectivity index (χ3v) is 2.84. The molecule has 0 bridgehead atoms. The van der Waals surface area contributed by atoms with Gasteiger partial charge in [0, 0.05) is 18.5 Å². The number of carbonyl (C=O) groups is 2. The maximum absolute atomic E-state index is 11.6. The van der Waals surface area contributed by atoms with Crippen LogP contribution in [0.2, 0.25) is 0 Å². The van der Waals surface area contributed by atoms with Crippen LogP contribution in [-0.2, 0) is 11.3 Å². The van der Waals surface area contributed by atoms with Crippen LogP contribution in [0.1, 0.15) is 17.4 Å². The van der Waals surface area contributed by atoms with Crippen molar-refractivity contribution in [2.75, 3.05) is 11.1 Å². The molecule has 2 aromatic heterocycles. The van der Waals surface area contributed by atoms with E-state index in [1.165, 1.54) is 22.9 Å². The van der Waals surface area contributed by atoms with Gasteiger partial charge in [-0.15, -0.1) is 11.3 Å². The van der Waals surface area contributed by atoms with Crippen LogP contribution in [0.3, 0.4) is 0 Å². The molecule has 0 unspecified atom stereocenters. The van der Waals surface area contributed by atoms with E-state index in [0.29, 0.717) is 16.6 Å². The van der Waals surface area contributed by atoms with Gasteiger partial charge in [-0.25, -0.2) is 4.98 Å². The molecule has 0 aliphatic carbocycles. The highest BCUT2D eigenvalue weighted by molar-refractivity contribution is 7.14. The Morgan fingerprint density at radius 3 is 2.89 bits per heavy atom. The molecule has 0 fully saturated rings. The van der Waals surface area contributed by atoms with Crippen molar-refractivity contribution < 1.29 is 9.59 Å². The monoisotopic (exact) mass is 265 g/mol. The van der Waals surface area contributed by atoms with Crippen LogP contribution < -0.4 is 11.1 Å². The number of hydrogen-bond acceptors (Lipinski definition) is 6. The number of rotatable bonds is 4. The number of ketones is 1. The molecule has 0 aliphatic rings. The number of nitrogen functional groups attached to an aromatic ring is 1. The molecule has 0 aliphatic heterocycles. The normalized spacial score (nSPS) is 10.3. The molecule has 8 heteroatoms. The van der Waals surface area contributed by atoms with Gasteiger partial charge in [0.25, 0.3) is 0 Å². The maximum atomic E-state index is 11.6. The number of nitrogens with zero attached hydrogens (tertiary/aromatic N) is 3. The average molecular weight is 265 g/mol. The van der Waals surface area contributed by atoms with Gasteiger partial charge in [0.2, 0.25) is 5.91 Å². The van der Waals surface area contributed by atoms with Crippen LogP contribution in [0.5, 0.6) is 0 Å². The molecule has 0 saturated carbocycles. The molecule has 7 nitrogen and oxygen atoms in total. The number of amides is 1. The van der Waals surface area contributed by atoms with Crippen molar-refractivity contribution >= 4 is 34.0 Å². The summed E-state index contributed by atoms with van der Waals surface area (Å²) >= 11 is 1.20. The number of nitrogens with one attached hydrogen (secondary N) is 1. The zero-order chi connectivity index (χ0) is 13.1. The van der Waals surface area contributed by atoms with Crippen LogP contribution >= 0.6 is 11.3 Å². The molecule has 0 atom stereocenters. The minimum Gasteiger partial charge on any atom is -0.382 e. The lowest BCUT2D eigenvalue weighted by Crippen LogP contribution is -2.19. The quantitative estimate of drug-likeness (QED) is 0.794. The minimum atomic E-state index is -0.275. The predicted octanol–water partition coefficient (Wildman–Crippen LogP) is 0.763. The second-order valence-corrected chi connectivity index (χ2v) is 4.44. The second-order valence-electron chi connectivity index (χ2n) is 3.58. The summed E-state index contributed by atoms with van der Waals surface area (Å²) in [6.07, 6.45) is 1.61. The summed E-state index contributed by atoms with van der Waals surface area (Å²) < 4.78 is 1.42. The summed E-state index contributed by atoms with van der Waals surface area (Å²) in [6, 6.07) is 1.60. The lowest BCUT2D eigenvalue weighted by molar-refractivity contribution is -0.116.